The molecule has 5 heteroatoms. The van der Waals surface area contributed by atoms with Gasteiger partial charge in [-0.2, -0.15) is 0 Å². The Morgan fingerprint density at radius 1 is 1.47 bits per heavy atom. The number of halogens is 2. The highest BCUT2D eigenvalue weighted by Crippen LogP contribution is 2.27. The fourth-order valence-corrected chi connectivity index (χ4v) is 2.66. The van der Waals surface area contributed by atoms with E-state index in [1.165, 1.54) is 12.8 Å². The van der Waals surface area contributed by atoms with Gasteiger partial charge in [-0.25, -0.2) is 0 Å². The number of nitrogens with one attached hydrogen (secondary N) is 1. The Balaban J connectivity index is 1.92. The molecule has 0 bridgehead atoms. The van der Waals surface area contributed by atoms with Crippen molar-refractivity contribution in [3.05, 3.63) is 33.8 Å². The lowest BCUT2D eigenvalue weighted by atomic mass is 10.1. The molecule has 0 aliphatic heterocycles. The van der Waals surface area contributed by atoms with Crippen LogP contribution in [0.3, 0.4) is 0 Å². The van der Waals surface area contributed by atoms with Crippen molar-refractivity contribution in [2.45, 2.75) is 31.8 Å². The van der Waals surface area contributed by atoms with Crippen molar-refractivity contribution in [3.8, 4) is 0 Å². The van der Waals surface area contributed by atoms with Crippen LogP contribution in [0.25, 0.3) is 0 Å². The molecular weight excluding hydrogens is 283 g/mol. The predicted molar refractivity (Wildman–Crippen MR) is 78.7 cm³/mol. The Hall–Kier alpha value is -0.770. The van der Waals surface area contributed by atoms with Gasteiger partial charge in [-0.05, 0) is 44.5 Å². The first-order valence-corrected chi connectivity index (χ1v) is 7.17. The normalized spacial score (nSPS) is 16.5. The maximum Gasteiger partial charge on any atom is 0.234 e. The van der Waals surface area contributed by atoms with Gasteiger partial charge in [-0.15, -0.1) is 0 Å². The summed E-state index contributed by atoms with van der Waals surface area (Å²) >= 11 is 12.0. The minimum Gasteiger partial charge on any atom is -0.348 e. The lowest BCUT2D eigenvalue weighted by Gasteiger charge is -2.19. The molecule has 3 nitrogen and oxygen atoms in total. The lowest BCUT2D eigenvalue weighted by Crippen LogP contribution is -2.37. The van der Waals surface area contributed by atoms with E-state index >= 15 is 0 Å². The second-order valence-corrected chi connectivity index (χ2v) is 5.94. The summed E-state index contributed by atoms with van der Waals surface area (Å²) in [4.78, 5) is 14.0. The van der Waals surface area contributed by atoms with Crippen LogP contribution in [-0.4, -0.2) is 30.4 Å². The second kappa shape index (κ2) is 6.12. The van der Waals surface area contributed by atoms with Crippen LogP contribution < -0.4 is 5.32 Å². The van der Waals surface area contributed by atoms with Gasteiger partial charge in [-0.1, -0.05) is 29.3 Å². The molecule has 1 saturated carbocycles. The first-order chi connectivity index (χ1) is 8.97. The third-order valence-corrected chi connectivity index (χ3v) is 3.93. The highest BCUT2D eigenvalue weighted by Gasteiger charge is 2.27. The molecule has 19 heavy (non-hydrogen) atoms. The first kappa shape index (κ1) is 14.6. The van der Waals surface area contributed by atoms with Gasteiger partial charge < -0.3 is 5.32 Å². The number of likely N-dealkylation sites (N-methyl/N-ethyl adjacent to an activating group) is 1. The number of benzene rings is 1. The van der Waals surface area contributed by atoms with Crippen LogP contribution in [0, 0.1) is 0 Å². The summed E-state index contributed by atoms with van der Waals surface area (Å²) in [5, 5.41) is 4.14. The summed E-state index contributed by atoms with van der Waals surface area (Å²) in [7, 11) is 1.98. The molecule has 1 fully saturated rings. The van der Waals surface area contributed by atoms with Crippen LogP contribution >= 0.6 is 23.2 Å². The zero-order chi connectivity index (χ0) is 14.0. The minimum absolute atomic E-state index is 0.0212. The van der Waals surface area contributed by atoms with Crippen molar-refractivity contribution in [1.82, 2.24) is 10.2 Å². The van der Waals surface area contributed by atoms with Crippen molar-refractivity contribution >= 4 is 29.1 Å². The average Bonchev–Trinajstić information content (AvgIpc) is 3.11. The van der Waals surface area contributed by atoms with E-state index in [0.29, 0.717) is 22.6 Å². The molecule has 0 saturated heterocycles. The van der Waals surface area contributed by atoms with Gasteiger partial charge in [0.25, 0.3) is 0 Å². The van der Waals surface area contributed by atoms with Gasteiger partial charge in [0.1, 0.15) is 0 Å². The number of hydrogen-bond acceptors (Lipinski definition) is 2. The number of carbonyl (C=O) groups is 1. The maximum absolute atomic E-state index is 11.9. The van der Waals surface area contributed by atoms with Gasteiger partial charge in [0.2, 0.25) is 5.91 Å². The van der Waals surface area contributed by atoms with Gasteiger partial charge in [0.05, 0.1) is 12.6 Å². The molecule has 0 spiro atoms. The van der Waals surface area contributed by atoms with Crippen LogP contribution in [0.4, 0.5) is 0 Å². The van der Waals surface area contributed by atoms with Gasteiger partial charge in [-0.3, -0.25) is 9.69 Å². The number of amides is 1. The van der Waals surface area contributed by atoms with Gasteiger partial charge in [0.15, 0.2) is 0 Å². The van der Waals surface area contributed by atoms with E-state index in [4.69, 9.17) is 23.2 Å². The van der Waals surface area contributed by atoms with Gasteiger partial charge >= 0.3 is 0 Å². The van der Waals surface area contributed by atoms with Gasteiger partial charge in [0, 0.05) is 16.1 Å². The molecule has 1 unspecified atom stereocenters. The highest BCUT2D eigenvalue weighted by molar-refractivity contribution is 6.35. The smallest absolute Gasteiger partial charge is 0.234 e. The summed E-state index contributed by atoms with van der Waals surface area (Å²) in [6.07, 6.45) is 2.39. The van der Waals surface area contributed by atoms with Crippen LogP contribution in [-0.2, 0) is 4.79 Å². The van der Waals surface area contributed by atoms with E-state index in [2.05, 4.69) is 10.2 Å². The van der Waals surface area contributed by atoms with Crippen LogP contribution in [0.5, 0.6) is 0 Å². The molecule has 0 aromatic heterocycles. The third kappa shape index (κ3) is 4.10. The van der Waals surface area contributed by atoms with Crippen molar-refractivity contribution in [2.75, 3.05) is 13.6 Å². The fraction of sp³-hybridized carbons (Fsp3) is 0.500. The topological polar surface area (TPSA) is 32.3 Å². The number of rotatable bonds is 5. The summed E-state index contributed by atoms with van der Waals surface area (Å²) < 4.78 is 0. The van der Waals surface area contributed by atoms with E-state index in [0.717, 1.165) is 5.56 Å². The Morgan fingerprint density at radius 2 is 2.16 bits per heavy atom. The van der Waals surface area contributed by atoms with E-state index in [1.54, 1.807) is 12.1 Å². The quantitative estimate of drug-likeness (QED) is 0.905. The number of carbonyl (C=O) groups excluding carboxylic acids is 1. The van der Waals surface area contributed by atoms with Crippen molar-refractivity contribution in [3.63, 3.8) is 0 Å². The van der Waals surface area contributed by atoms with Crippen molar-refractivity contribution in [1.29, 1.82) is 0 Å². The summed E-state index contributed by atoms with van der Waals surface area (Å²) in [6.45, 7) is 2.35. The second-order valence-electron chi connectivity index (χ2n) is 5.10. The number of hydrogen-bond donors (Lipinski definition) is 1. The molecule has 1 atom stereocenters. The Bertz CT molecular complexity index is 475. The van der Waals surface area contributed by atoms with E-state index in [9.17, 15) is 4.79 Å². The molecule has 2 rings (SSSR count). The summed E-state index contributed by atoms with van der Waals surface area (Å²) in [6, 6.07) is 5.78. The average molecular weight is 301 g/mol. The first-order valence-electron chi connectivity index (χ1n) is 6.42. The molecule has 1 aliphatic rings. The van der Waals surface area contributed by atoms with Crippen LogP contribution in [0.15, 0.2) is 18.2 Å². The zero-order valence-electron chi connectivity index (χ0n) is 11.1. The molecule has 0 heterocycles. The van der Waals surface area contributed by atoms with E-state index < -0.39 is 0 Å². The minimum atomic E-state index is -0.120. The monoisotopic (exact) mass is 300 g/mol. The SMILES string of the molecule is CC(NC(=O)CN(C)C1CC1)c1ccc(Cl)cc1Cl. The Labute approximate surface area is 123 Å². The van der Waals surface area contributed by atoms with E-state index in [-0.39, 0.29) is 11.9 Å². The van der Waals surface area contributed by atoms with Crippen molar-refractivity contribution < 1.29 is 4.79 Å². The Kier molecular flexibility index (Phi) is 4.71. The molecule has 1 aromatic carbocycles. The molecular formula is C14H18Cl2N2O. The zero-order valence-corrected chi connectivity index (χ0v) is 12.6. The highest BCUT2D eigenvalue weighted by atomic mass is 35.5. The molecule has 1 N–H and O–H groups in total. The third-order valence-electron chi connectivity index (χ3n) is 3.37. The maximum atomic E-state index is 11.9. The molecule has 1 aromatic rings. The van der Waals surface area contributed by atoms with Crippen LogP contribution in [0.1, 0.15) is 31.4 Å². The molecule has 1 amide bonds. The van der Waals surface area contributed by atoms with Crippen molar-refractivity contribution in [2.24, 2.45) is 0 Å². The number of nitrogens with zero attached hydrogens (tertiary/aromatic N) is 1. The predicted octanol–water partition coefficient (Wildman–Crippen LogP) is 3.26. The summed E-state index contributed by atoms with van der Waals surface area (Å²) in [5.41, 5.74) is 0.883. The molecule has 0 radical (unpaired) electrons. The van der Waals surface area contributed by atoms with E-state index in [1.807, 2.05) is 20.0 Å². The summed E-state index contributed by atoms with van der Waals surface area (Å²) in [5.74, 6) is 0.0212. The Morgan fingerprint density at radius 3 is 2.74 bits per heavy atom. The lowest BCUT2D eigenvalue weighted by molar-refractivity contribution is -0.122. The molecule has 104 valence electrons. The van der Waals surface area contributed by atoms with Crippen LogP contribution in [0.2, 0.25) is 10.0 Å². The largest absolute Gasteiger partial charge is 0.348 e. The fourth-order valence-electron chi connectivity index (χ4n) is 2.09. The standard InChI is InChI=1S/C14H18Cl2N2O/c1-9(12-6-3-10(15)7-13(12)16)17-14(19)8-18(2)11-4-5-11/h3,6-7,9,11H,4-5,8H2,1-2H3,(H,17,19). The molecule has 1 aliphatic carbocycles.